The summed E-state index contributed by atoms with van der Waals surface area (Å²) >= 11 is 1.74. The fourth-order valence-electron chi connectivity index (χ4n) is 2.00. The van der Waals surface area contributed by atoms with Gasteiger partial charge in [-0.05, 0) is 44.2 Å². The highest BCUT2D eigenvalue weighted by atomic mass is 32.1. The van der Waals surface area contributed by atoms with Crippen molar-refractivity contribution in [3.05, 3.63) is 21.9 Å². The van der Waals surface area contributed by atoms with Gasteiger partial charge in [-0.1, -0.05) is 0 Å². The van der Waals surface area contributed by atoms with E-state index < -0.39 is 5.54 Å². The van der Waals surface area contributed by atoms with Crippen molar-refractivity contribution in [2.75, 3.05) is 6.61 Å². The zero-order valence-corrected chi connectivity index (χ0v) is 11.3. The molecule has 1 heterocycles. The van der Waals surface area contributed by atoms with E-state index in [1.165, 1.54) is 10.4 Å². The Bertz CT molecular complexity index is 425. The lowest BCUT2D eigenvalue weighted by molar-refractivity contribution is -0.124. The lowest BCUT2D eigenvalue weighted by atomic mass is 10.1. The first-order valence-corrected chi connectivity index (χ1v) is 6.79. The molecule has 1 aromatic heterocycles. The van der Waals surface area contributed by atoms with E-state index in [4.69, 9.17) is 5.11 Å². The maximum Gasteiger partial charge on any atom is 0.224 e. The Balaban J connectivity index is 1.95. The summed E-state index contributed by atoms with van der Waals surface area (Å²) in [6.07, 6.45) is 0.939. The molecule has 1 fully saturated rings. The van der Waals surface area contributed by atoms with Crippen LogP contribution in [0.2, 0.25) is 0 Å². The number of hydrogen-bond donors (Lipinski definition) is 2. The van der Waals surface area contributed by atoms with E-state index in [-0.39, 0.29) is 18.4 Å². The van der Waals surface area contributed by atoms with Gasteiger partial charge in [0.15, 0.2) is 0 Å². The van der Waals surface area contributed by atoms with Gasteiger partial charge in [0.2, 0.25) is 5.91 Å². The average molecular weight is 253 g/mol. The van der Waals surface area contributed by atoms with E-state index >= 15 is 0 Å². The Morgan fingerprint density at radius 3 is 2.88 bits per heavy atom. The van der Waals surface area contributed by atoms with Gasteiger partial charge < -0.3 is 10.4 Å². The number of nitrogens with one attached hydrogen (secondary N) is 1. The van der Waals surface area contributed by atoms with Crippen LogP contribution >= 0.6 is 11.3 Å². The van der Waals surface area contributed by atoms with Crippen molar-refractivity contribution in [2.45, 2.75) is 38.6 Å². The van der Waals surface area contributed by atoms with E-state index in [2.05, 4.69) is 23.7 Å². The third-order valence-electron chi connectivity index (χ3n) is 3.22. The molecule has 1 aliphatic carbocycles. The fraction of sp³-hybridized carbons (Fsp3) is 0.615. The van der Waals surface area contributed by atoms with Crippen molar-refractivity contribution in [3.63, 3.8) is 0 Å². The summed E-state index contributed by atoms with van der Waals surface area (Å²) in [4.78, 5) is 13.3. The molecule has 17 heavy (non-hydrogen) atoms. The molecule has 1 aliphatic rings. The predicted octanol–water partition coefficient (Wildman–Crippen LogP) is 2.05. The summed E-state index contributed by atoms with van der Waals surface area (Å²) in [7, 11) is 0. The summed E-state index contributed by atoms with van der Waals surface area (Å²) < 4.78 is 0. The van der Waals surface area contributed by atoms with E-state index in [1.54, 1.807) is 11.3 Å². The number of rotatable bonds is 4. The highest BCUT2D eigenvalue weighted by Crippen LogP contribution is 2.50. The van der Waals surface area contributed by atoms with Crippen LogP contribution in [0.15, 0.2) is 11.4 Å². The van der Waals surface area contributed by atoms with Gasteiger partial charge in [-0.3, -0.25) is 4.79 Å². The highest BCUT2D eigenvalue weighted by Gasteiger charge is 2.46. The van der Waals surface area contributed by atoms with Crippen molar-refractivity contribution < 1.29 is 9.90 Å². The minimum atomic E-state index is -0.519. The molecule has 0 spiro atoms. The molecule has 2 atom stereocenters. The molecule has 0 saturated heterocycles. The third kappa shape index (κ3) is 2.69. The molecule has 0 aromatic carbocycles. The maximum atomic E-state index is 12.0. The molecule has 1 saturated carbocycles. The van der Waals surface area contributed by atoms with Gasteiger partial charge in [0.05, 0.1) is 12.1 Å². The van der Waals surface area contributed by atoms with Crippen molar-refractivity contribution in [2.24, 2.45) is 5.92 Å². The number of amides is 1. The number of aryl methyl sites for hydroxylation is 1. The monoisotopic (exact) mass is 253 g/mol. The number of thiophene rings is 1. The third-order valence-corrected chi connectivity index (χ3v) is 4.37. The minimum absolute atomic E-state index is 0.0336. The molecule has 0 bridgehead atoms. The van der Waals surface area contributed by atoms with Gasteiger partial charge in [-0.15, -0.1) is 11.3 Å². The van der Waals surface area contributed by atoms with Crippen LogP contribution < -0.4 is 5.32 Å². The summed E-state index contributed by atoms with van der Waals surface area (Å²) in [6.45, 7) is 5.72. The summed E-state index contributed by atoms with van der Waals surface area (Å²) in [5.74, 6) is 0.560. The quantitative estimate of drug-likeness (QED) is 0.863. The maximum absolute atomic E-state index is 12.0. The van der Waals surface area contributed by atoms with Crippen LogP contribution in [0.25, 0.3) is 0 Å². The van der Waals surface area contributed by atoms with Crippen molar-refractivity contribution >= 4 is 17.2 Å². The first-order valence-electron chi connectivity index (χ1n) is 5.91. The SMILES string of the molecule is Cc1ccsc1[C@H]1C[C@H]1C(=O)NC(C)(C)CO. The predicted molar refractivity (Wildman–Crippen MR) is 69.2 cm³/mol. The Hall–Kier alpha value is -0.870. The summed E-state index contributed by atoms with van der Waals surface area (Å²) in [5.41, 5.74) is 0.769. The van der Waals surface area contributed by atoms with Crippen LogP contribution in [0.5, 0.6) is 0 Å². The first kappa shape index (κ1) is 12.6. The molecule has 4 heteroatoms. The number of carbonyl (C=O) groups excluding carboxylic acids is 1. The minimum Gasteiger partial charge on any atom is -0.394 e. The number of aliphatic hydroxyl groups is 1. The second-order valence-corrected chi connectivity index (χ2v) is 6.40. The van der Waals surface area contributed by atoms with Gasteiger partial charge in [-0.25, -0.2) is 0 Å². The number of carbonyl (C=O) groups is 1. The highest BCUT2D eigenvalue weighted by molar-refractivity contribution is 7.10. The Morgan fingerprint density at radius 1 is 1.65 bits per heavy atom. The first-order chi connectivity index (χ1) is 7.94. The number of hydrogen-bond acceptors (Lipinski definition) is 3. The smallest absolute Gasteiger partial charge is 0.224 e. The van der Waals surface area contributed by atoms with Gasteiger partial charge in [-0.2, -0.15) is 0 Å². The summed E-state index contributed by atoms with van der Waals surface area (Å²) in [5, 5.41) is 14.1. The van der Waals surface area contributed by atoms with Gasteiger partial charge >= 0.3 is 0 Å². The normalized spacial score (nSPS) is 23.5. The Morgan fingerprint density at radius 2 is 2.35 bits per heavy atom. The van der Waals surface area contributed by atoms with Crippen LogP contribution in [0.3, 0.4) is 0 Å². The Labute approximate surface area is 106 Å². The molecule has 94 valence electrons. The Kier molecular flexibility index (Phi) is 3.27. The zero-order chi connectivity index (χ0) is 12.6. The second kappa shape index (κ2) is 4.42. The molecule has 1 amide bonds. The fourth-order valence-corrected chi connectivity index (χ4v) is 3.11. The van der Waals surface area contributed by atoms with Crippen LogP contribution in [0.4, 0.5) is 0 Å². The molecule has 3 nitrogen and oxygen atoms in total. The number of aliphatic hydroxyl groups excluding tert-OH is 1. The second-order valence-electron chi connectivity index (χ2n) is 5.45. The van der Waals surface area contributed by atoms with E-state index in [1.807, 2.05) is 13.8 Å². The van der Waals surface area contributed by atoms with Crippen molar-refractivity contribution in [3.8, 4) is 0 Å². The standard InChI is InChI=1S/C13H19NO2S/c1-8-4-5-17-11(8)9-6-10(9)12(16)14-13(2,3)7-15/h4-5,9-10,15H,6-7H2,1-3H3,(H,14,16)/t9-,10+/m0/s1. The van der Waals surface area contributed by atoms with Crippen molar-refractivity contribution in [1.29, 1.82) is 0 Å². The molecule has 2 N–H and O–H groups in total. The molecular weight excluding hydrogens is 234 g/mol. The zero-order valence-electron chi connectivity index (χ0n) is 10.5. The molecule has 0 unspecified atom stereocenters. The topological polar surface area (TPSA) is 49.3 Å². The average Bonchev–Trinajstić information content (AvgIpc) is 2.95. The lowest BCUT2D eigenvalue weighted by Crippen LogP contribution is -2.47. The van der Waals surface area contributed by atoms with Crippen LogP contribution in [0, 0.1) is 12.8 Å². The van der Waals surface area contributed by atoms with E-state index in [0.29, 0.717) is 5.92 Å². The molecule has 2 rings (SSSR count). The van der Waals surface area contributed by atoms with Gasteiger partial charge in [0.1, 0.15) is 0 Å². The van der Waals surface area contributed by atoms with Crippen molar-refractivity contribution in [1.82, 2.24) is 5.32 Å². The molecule has 1 aromatic rings. The molecule has 0 aliphatic heterocycles. The largest absolute Gasteiger partial charge is 0.394 e. The van der Waals surface area contributed by atoms with E-state index in [0.717, 1.165) is 6.42 Å². The summed E-state index contributed by atoms with van der Waals surface area (Å²) in [6, 6.07) is 2.10. The van der Waals surface area contributed by atoms with Crippen LogP contribution in [-0.2, 0) is 4.79 Å². The van der Waals surface area contributed by atoms with Gasteiger partial charge in [0, 0.05) is 16.7 Å². The molecular formula is C13H19NO2S. The lowest BCUT2D eigenvalue weighted by Gasteiger charge is -2.23. The van der Waals surface area contributed by atoms with E-state index in [9.17, 15) is 4.79 Å². The van der Waals surface area contributed by atoms with Crippen LogP contribution in [0.1, 0.15) is 36.6 Å². The van der Waals surface area contributed by atoms with Gasteiger partial charge in [0.25, 0.3) is 0 Å². The van der Waals surface area contributed by atoms with Crippen LogP contribution in [-0.4, -0.2) is 23.2 Å². The molecule has 0 radical (unpaired) electrons.